The maximum atomic E-state index is 3.99. The molecule has 0 nitrogen and oxygen atoms in total. The predicted molar refractivity (Wildman–Crippen MR) is 57.2 cm³/mol. The highest BCUT2D eigenvalue weighted by molar-refractivity contribution is 5.34. The molecule has 12 heavy (non-hydrogen) atoms. The summed E-state index contributed by atoms with van der Waals surface area (Å²) in [5, 5.41) is 0. The summed E-state index contributed by atoms with van der Waals surface area (Å²) in [6, 6.07) is 0. The Morgan fingerprint density at radius 2 is 1.92 bits per heavy atom. The minimum Gasteiger partial charge on any atom is -0.0953 e. The van der Waals surface area contributed by atoms with Crippen LogP contribution in [0.3, 0.4) is 0 Å². The van der Waals surface area contributed by atoms with Crippen LogP contribution in [-0.4, -0.2) is 0 Å². The van der Waals surface area contributed by atoms with E-state index < -0.39 is 0 Å². The van der Waals surface area contributed by atoms with Gasteiger partial charge in [-0.2, -0.15) is 0 Å². The second-order valence-corrected chi connectivity index (χ2v) is 3.56. The molecule has 0 aliphatic carbocycles. The van der Waals surface area contributed by atoms with Crippen molar-refractivity contribution in [1.29, 1.82) is 0 Å². The van der Waals surface area contributed by atoms with Crippen LogP contribution in [0.15, 0.2) is 36.5 Å². The zero-order valence-corrected chi connectivity index (χ0v) is 8.56. The molecule has 0 saturated carbocycles. The fraction of sp³-hybridized carbons (Fsp3) is 0.500. The van der Waals surface area contributed by atoms with E-state index in [9.17, 15) is 0 Å². The van der Waals surface area contributed by atoms with Gasteiger partial charge < -0.3 is 0 Å². The van der Waals surface area contributed by atoms with Gasteiger partial charge in [0.15, 0.2) is 0 Å². The average Bonchev–Trinajstić information content (AvgIpc) is 2.00. The second kappa shape index (κ2) is 5.82. The number of allylic oxidation sites excluding steroid dienone is 4. The lowest BCUT2D eigenvalue weighted by Crippen LogP contribution is -1.90. The number of hydrogen-bond acceptors (Lipinski definition) is 0. The number of hydrogen-bond donors (Lipinski definition) is 0. The van der Waals surface area contributed by atoms with Crippen molar-refractivity contribution in [3.63, 3.8) is 0 Å². The van der Waals surface area contributed by atoms with Crippen molar-refractivity contribution in [2.24, 2.45) is 5.92 Å². The summed E-state index contributed by atoms with van der Waals surface area (Å²) in [6.07, 6.45) is 6.29. The third kappa shape index (κ3) is 4.95. The molecule has 0 heterocycles. The summed E-state index contributed by atoms with van der Waals surface area (Å²) in [5.74, 6) is 0.750. The van der Waals surface area contributed by atoms with Crippen molar-refractivity contribution >= 4 is 0 Å². The Hall–Kier alpha value is -0.780. The molecule has 0 saturated heterocycles. The maximum Gasteiger partial charge on any atom is -0.0277 e. The molecule has 0 N–H and O–H groups in total. The minimum atomic E-state index is 0.750. The summed E-state index contributed by atoms with van der Waals surface area (Å²) in [6.45, 7) is 14.4. The van der Waals surface area contributed by atoms with Gasteiger partial charge in [-0.15, -0.1) is 0 Å². The van der Waals surface area contributed by atoms with E-state index in [-0.39, 0.29) is 0 Å². The number of rotatable bonds is 5. The predicted octanol–water partition coefficient (Wildman–Crippen LogP) is 4.11. The molecule has 0 heteroatoms. The van der Waals surface area contributed by atoms with Gasteiger partial charge in [0.05, 0.1) is 0 Å². The van der Waals surface area contributed by atoms with Crippen molar-refractivity contribution in [2.75, 3.05) is 0 Å². The largest absolute Gasteiger partial charge is 0.0953 e. The molecule has 0 aromatic rings. The first-order valence-electron chi connectivity index (χ1n) is 4.57. The Labute approximate surface area is 76.7 Å². The van der Waals surface area contributed by atoms with Gasteiger partial charge in [0.2, 0.25) is 0 Å². The molecule has 0 bridgehead atoms. The van der Waals surface area contributed by atoms with Crippen molar-refractivity contribution in [2.45, 2.75) is 33.6 Å². The molecule has 68 valence electrons. The molecule has 0 atom stereocenters. The van der Waals surface area contributed by atoms with E-state index in [1.54, 1.807) is 0 Å². The van der Waals surface area contributed by atoms with E-state index in [1.807, 2.05) is 19.1 Å². The lowest BCUT2D eigenvalue weighted by atomic mass is 9.99. The van der Waals surface area contributed by atoms with E-state index in [0.29, 0.717) is 0 Å². The lowest BCUT2D eigenvalue weighted by molar-refractivity contribution is 0.587. The Kier molecular flexibility index (Phi) is 5.44. The van der Waals surface area contributed by atoms with Gasteiger partial charge in [-0.3, -0.25) is 0 Å². The summed E-state index contributed by atoms with van der Waals surface area (Å²) in [5.41, 5.74) is 2.24. The van der Waals surface area contributed by atoms with Crippen LogP contribution in [0.25, 0.3) is 0 Å². The summed E-state index contributed by atoms with van der Waals surface area (Å²) in [7, 11) is 0. The minimum absolute atomic E-state index is 0.750. The van der Waals surface area contributed by atoms with Crippen LogP contribution in [-0.2, 0) is 0 Å². The molecule has 0 amide bonds. The fourth-order valence-corrected chi connectivity index (χ4v) is 0.942. The highest BCUT2D eigenvalue weighted by Gasteiger charge is 1.98. The lowest BCUT2D eigenvalue weighted by Gasteiger charge is -2.07. The first kappa shape index (κ1) is 11.2. The van der Waals surface area contributed by atoms with Crippen LogP contribution < -0.4 is 0 Å². The van der Waals surface area contributed by atoms with Crippen LogP contribution in [0.2, 0.25) is 0 Å². The van der Waals surface area contributed by atoms with Gasteiger partial charge in [-0.05, 0) is 36.8 Å². The quantitative estimate of drug-likeness (QED) is 0.536. The molecule has 0 spiro atoms. The van der Waals surface area contributed by atoms with Gasteiger partial charge in [0, 0.05) is 0 Å². The average molecular weight is 164 g/mol. The fourth-order valence-electron chi connectivity index (χ4n) is 0.942. The van der Waals surface area contributed by atoms with Gasteiger partial charge in [-0.25, -0.2) is 0 Å². The SMILES string of the molecule is C=C(C=CC)C(=C)CCC(C)C. The molecular weight excluding hydrogens is 144 g/mol. The van der Waals surface area contributed by atoms with E-state index in [4.69, 9.17) is 0 Å². The van der Waals surface area contributed by atoms with Crippen LogP contribution in [0, 0.1) is 5.92 Å². The van der Waals surface area contributed by atoms with Crippen molar-refractivity contribution < 1.29 is 0 Å². The Morgan fingerprint density at radius 3 is 2.33 bits per heavy atom. The smallest absolute Gasteiger partial charge is 0.0277 e. The van der Waals surface area contributed by atoms with Gasteiger partial charge in [0.25, 0.3) is 0 Å². The third-order valence-corrected chi connectivity index (χ3v) is 1.85. The van der Waals surface area contributed by atoms with Crippen molar-refractivity contribution in [3.8, 4) is 0 Å². The summed E-state index contributed by atoms with van der Waals surface area (Å²) >= 11 is 0. The van der Waals surface area contributed by atoms with Crippen LogP contribution in [0.1, 0.15) is 33.6 Å². The highest BCUT2D eigenvalue weighted by atomic mass is 14.0. The van der Waals surface area contributed by atoms with E-state index in [2.05, 4.69) is 27.0 Å². The Morgan fingerprint density at radius 1 is 1.33 bits per heavy atom. The van der Waals surface area contributed by atoms with Crippen LogP contribution in [0.5, 0.6) is 0 Å². The molecule has 0 aliphatic rings. The van der Waals surface area contributed by atoms with Crippen LogP contribution in [0.4, 0.5) is 0 Å². The van der Waals surface area contributed by atoms with Crippen molar-refractivity contribution in [3.05, 3.63) is 36.5 Å². The van der Waals surface area contributed by atoms with Gasteiger partial charge in [0.1, 0.15) is 0 Å². The first-order chi connectivity index (χ1) is 5.57. The third-order valence-electron chi connectivity index (χ3n) is 1.85. The molecule has 0 aromatic heterocycles. The molecular formula is C12H20. The normalized spacial score (nSPS) is 11.0. The summed E-state index contributed by atoms with van der Waals surface area (Å²) in [4.78, 5) is 0. The monoisotopic (exact) mass is 164 g/mol. The van der Waals surface area contributed by atoms with Gasteiger partial charge >= 0.3 is 0 Å². The molecule has 0 radical (unpaired) electrons. The van der Waals surface area contributed by atoms with E-state index >= 15 is 0 Å². The maximum absolute atomic E-state index is 3.99. The highest BCUT2D eigenvalue weighted by Crippen LogP contribution is 2.16. The summed E-state index contributed by atoms with van der Waals surface area (Å²) < 4.78 is 0. The zero-order valence-electron chi connectivity index (χ0n) is 8.56. The molecule has 0 rings (SSSR count). The second-order valence-electron chi connectivity index (χ2n) is 3.56. The van der Waals surface area contributed by atoms with Crippen LogP contribution >= 0.6 is 0 Å². The molecule has 0 aliphatic heterocycles. The topological polar surface area (TPSA) is 0 Å². The molecule has 0 aromatic carbocycles. The van der Waals surface area contributed by atoms with Gasteiger partial charge in [-0.1, -0.05) is 39.2 Å². The molecule has 0 fully saturated rings. The zero-order chi connectivity index (χ0) is 9.56. The van der Waals surface area contributed by atoms with E-state index in [1.165, 1.54) is 12.0 Å². The first-order valence-corrected chi connectivity index (χ1v) is 4.57. The standard InChI is InChI=1S/C12H20/c1-6-7-11(4)12(5)9-8-10(2)3/h6-7,10H,4-5,8-9H2,1-3H3. The van der Waals surface area contributed by atoms with Crippen molar-refractivity contribution in [1.82, 2.24) is 0 Å². The molecule has 0 unspecified atom stereocenters. The Bertz CT molecular complexity index is 182. The van der Waals surface area contributed by atoms with E-state index in [0.717, 1.165) is 17.9 Å². The Balaban J connectivity index is 3.80.